The summed E-state index contributed by atoms with van der Waals surface area (Å²) >= 11 is 0. The van der Waals surface area contributed by atoms with Crippen LogP contribution in [0.1, 0.15) is 28.7 Å². The van der Waals surface area contributed by atoms with Gasteiger partial charge in [0.05, 0.1) is 25.0 Å². The average molecular weight is 297 g/mol. The summed E-state index contributed by atoms with van der Waals surface area (Å²) in [7, 11) is 0. The topological polar surface area (TPSA) is 55.3 Å². The number of rotatable bonds is 4. The molecule has 5 heteroatoms. The van der Waals surface area contributed by atoms with Crippen LogP contribution in [-0.4, -0.2) is 40.0 Å². The van der Waals surface area contributed by atoms with Gasteiger partial charge in [-0.2, -0.15) is 0 Å². The molecule has 0 saturated carbocycles. The van der Waals surface area contributed by atoms with Gasteiger partial charge >= 0.3 is 0 Å². The van der Waals surface area contributed by atoms with Crippen molar-refractivity contribution in [3.8, 4) is 5.75 Å². The van der Waals surface area contributed by atoms with E-state index in [-0.39, 0.29) is 12.0 Å². The van der Waals surface area contributed by atoms with Gasteiger partial charge in [0.1, 0.15) is 17.5 Å². The minimum absolute atomic E-state index is 0.0504. The van der Waals surface area contributed by atoms with Gasteiger partial charge in [-0.15, -0.1) is 0 Å². The lowest BCUT2D eigenvalue weighted by Gasteiger charge is -2.38. The Morgan fingerprint density at radius 3 is 2.82 bits per heavy atom. The first-order chi connectivity index (χ1) is 10.7. The van der Waals surface area contributed by atoms with E-state index in [2.05, 4.69) is 29.0 Å². The fourth-order valence-electron chi connectivity index (χ4n) is 2.37. The summed E-state index contributed by atoms with van der Waals surface area (Å²) in [5, 5.41) is 0. The first-order valence-electron chi connectivity index (χ1n) is 7.49. The van der Waals surface area contributed by atoms with Crippen LogP contribution in [-0.2, 0) is 6.42 Å². The quantitative estimate of drug-likeness (QED) is 0.868. The summed E-state index contributed by atoms with van der Waals surface area (Å²) in [5.74, 6) is 0.779. The van der Waals surface area contributed by atoms with Crippen molar-refractivity contribution >= 4 is 5.91 Å². The molecule has 22 heavy (non-hydrogen) atoms. The maximum absolute atomic E-state index is 12.2. The molecule has 1 aliphatic rings. The Morgan fingerprint density at radius 1 is 1.32 bits per heavy atom. The number of hydrogen-bond acceptors (Lipinski definition) is 4. The monoisotopic (exact) mass is 297 g/mol. The Labute approximate surface area is 130 Å². The van der Waals surface area contributed by atoms with Crippen molar-refractivity contribution in [1.82, 2.24) is 14.9 Å². The van der Waals surface area contributed by atoms with Crippen LogP contribution in [0.4, 0.5) is 0 Å². The van der Waals surface area contributed by atoms with Crippen LogP contribution < -0.4 is 4.74 Å². The maximum atomic E-state index is 12.2. The van der Waals surface area contributed by atoms with Crippen molar-refractivity contribution in [3.05, 3.63) is 53.6 Å². The Kier molecular flexibility index (Phi) is 4.04. The molecule has 2 aromatic rings. The zero-order valence-electron chi connectivity index (χ0n) is 12.8. The average Bonchev–Trinajstić information content (AvgIpc) is 2.51. The number of carbonyl (C=O) groups is 1. The summed E-state index contributed by atoms with van der Waals surface area (Å²) in [4.78, 5) is 22.2. The van der Waals surface area contributed by atoms with E-state index in [1.807, 2.05) is 19.1 Å². The maximum Gasteiger partial charge on any atom is 0.274 e. The van der Waals surface area contributed by atoms with Crippen molar-refractivity contribution in [3.63, 3.8) is 0 Å². The van der Waals surface area contributed by atoms with E-state index in [1.165, 1.54) is 11.8 Å². The predicted octanol–water partition coefficient (Wildman–Crippen LogP) is 2.25. The third-order valence-electron chi connectivity index (χ3n) is 3.74. The molecule has 1 aliphatic heterocycles. The molecule has 1 aromatic heterocycles. The highest BCUT2D eigenvalue weighted by atomic mass is 16.5. The number of ether oxygens (including phenoxy) is 1. The van der Waals surface area contributed by atoms with Crippen molar-refractivity contribution in [2.75, 3.05) is 13.1 Å². The molecular formula is C17H19N3O2. The fraction of sp³-hybridized carbons (Fsp3) is 0.353. The van der Waals surface area contributed by atoms with E-state index < -0.39 is 0 Å². The second-order valence-electron chi connectivity index (χ2n) is 5.49. The van der Waals surface area contributed by atoms with Gasteiger partial charge < -0.3 is 9.64 Å². The first kappa shape index (κ1) is 14.5. The molecule has 0 unspecified atom stereocenters. The van der Waals surface area contributed by atoms with Crippen LogP contribution in [0.5, 0.6) is 5.75 Å². The largest absolute Gasteiger partial charge is 0.487 e. The second kappa shape index (κ2) is 6.13. The molecule has 1 aromatic carbocycles. The summed E-state index contributed by atoms with van der Waals surface area (Å²) in [5.41, 5.74) is 2.44. The van der Waals surface area contributed by atoms with E-state index in [0.29, 0.717) is 18.8 Å². The third kappa shape index (κ3) is 3.08. The zero-order chi connectivity index (χ0) is 15.5. The summed E-state index contributed by atoms with van der Waals surface area (Å²) in [6, 6.07) is 8.09. The Morgan fingerprint density at radius 2 is 2.14 bits per heavy atom. The normalized spacial score (nSPS) is 14.5. The first-order valence-corrected chi connectivity index (χ1v) is 7.49. The summed E-state index contributed by atoms with van der Waals surface area (Å²) in [6.45, 7) is 5.14. The van der Waals surface area contributed by atoms with Gasteiger partial charge in [-0.3, -0.25) is 9.78 Å². The van der Waals surface area contributed by atoms with E-state index in [1.54, 1.807) is 11.1 Å². The van der Waals surface area contributed by atoms with Crippen molar-refractivity contribution in [1.29, 1.82) is 0 Å². The van der Waals surface area contributed by atoms with Crippen molar-refractivity contribution in [2.45, 2.75) is 26.4 Å². The Hall–Kier alpha value is -2.43. The van der Waals surface area contributed by atoms with Crippen LogP contribution >= 0.6 is 0 Å². The standard InChI is InChI=1S/C17H19N3O2/c1-3-13-5-4-6-14(7-13)22-15-10-20(11-15)17(21)16-9-18-12(2)8-19-16/h4-9,15H,3,10-11H2,1-2H3. The van der Waals surface area contributed by atoms with Crippen LogP contribution in [0.2, 0.25) is 0 Å². The van der Waals surface area contributed by atoms with Crippen LogP contribution in [0.15, 0.2) is 36.7 Å². The molecule has 0 spiro atoms. The lowest BCUT2D eigenvalue weighted by molar-refractivity contribution is 0.0173. The zero-order valence-corrected chi connectivity index (χ0v) is 12.8. The van der Waals surface area contributed by atoms with E-state index in [9.17, 15) is 4.79 Å². The summed E-state index contributed by atoms with van der Waals surface area (Å²) < 4.78 is 5.90. The molecule has 3 rings (SSSR count). The third-order valence-corrected chi connectivity index (χ3v) is 3.74. The molecule has 0 bridgehead atoms. The lowest BCUT2D eigenvalue weighted by atomic mass is 10.1. The van der Waals surface area contributed by atoms with Gasteiger partial charge in [0, 0.05) is 6.20 Å². The van der Waals surface area contributed by atoms with E-state index in [4.69, 9.17) is 4.74 Å². The molecule has 0 atom stereocenters. The Bertz CT molecular complexity index is 664. The molecule has 0 N–H and O–H groups in total. The van der Waals surface area contributed by atoms with Crippen molar-refractivity contribution < 1.29 is 9.53 Å². The number of benzene rings is 1. The Balaban J connectivity index is 1.55. The number of amides is 1. The van der Waals surface area contributed by atoms with Crippen LogP contribution in [0, 0.1) is 6.92 Å². The minimum atomic E-state index is -0.0883. The molecule has 1 fully saturated rings. The number of carbonyl (C=O) groups excluding carboxylic acids is 1. The predicted molar refractivity (Wildman–Crippen MR) is 82.9 cm³/mol. The molecule has 1 saturated heterocycles. The SMILES string of the molecule is CCc1cccc(OC2CN(C(=O)c3cnc(C)cn3)C2)c1. The highest BCUT2D eigenvalue weighted by Crippen LogP contribution is 2.20. The smallest absolute Gasteiger partial charge is 0.274 e. The number of likely N-dealkylation sites (tertiary alicyclic amines) is 1. The van der Waals surface area contributed by atoms with E-state index >= 15 is 0 Å². The van der Waals surface area contributed by atoms with Crippen LogP contribution in [0.3, 0.4) is 0 Å². The molecule has 2 heterocycles. The van der Waals surface area contributed by atoms with Gasteiger partial charge in [0.25, 0.3) is 5.91 Å². The molecule has 0 radical (unpaired) electrons. The minimum Gasteiger partial charge on any atom is -0.487 e. The van der Waals surface area contributed by atoms with Gasteiger partial charge in [-0.1, -0.05) is 19.1 Å². The number of aromatic nitrogens is 2. The van der Waals surface area contributed by atoms with Gasteiger partial charge in [0.2, 0.25) is 0 Å². The highest BCUT2D eigenvalue weighted by molar-refractivity contribution is 5.92. The van der Waals surface area contributed by atoms with Crippen LogP contribution in [0.25, 0.3) is 0 Å². The molecular weight excluding hydrogens is 278 g/mol. The molecule has 5 nitrogen and oxygen atoms in total. The van der Waals surface area contributed by atoms with E-state index in [0.717, 1.165) is 17.9 Å². The van der Waals surface area contributed by atoms with Gasteiger partial charge in [0.15, 0.2) is 0 Å². The van der Waals surface area contributed by atoms with Gasteiger partial charge in [-0.25, -0.2) is 4.98 Å². The van der Waals surface area contributed by atoms with Gasteiger partial charge in [-0.05, 0) is 31.0 Å². The summed E-state index contributed by atoms with van der Waals surface area (Å²) in [6.07, 6.45) is 4.17. The second-order valence-corrected chi connectivity index (χ2v) is 5.49. The molecule has 1 amide bonds. The number of nitrogens with zero attached hydrogens (tertiary/aromatic N) is 3. The molecule has 114 valence electrons. The molecule has 0 aliphatic carbocycles. The lowest BCUT2D eigenvalue weighted by Crippen LogP contribution is -2.56. The van der Waals surface area contributed by atoms with Crippen molar-refractivity contribution in [2.24, 2.45) is 0 Å². The fourth-order valence-corrected chi connectivity index (χ4v) is 2.37. The number of hydrogen-bond donors (Lipinski definition) is 0. The highest BCUT2D eigenvalue weighted by Gasteiger charge is 2.33. The number of aryl methyl sites for hydroxylation is 2.